The fourth-order valence-electron chi connectivity index (χ4n) is 0.784. The molecule has 1 aromatic rings. The van der Waals surface area contributed by atoms with E-state index in [1.54, 1.807) is 0 Å². The van der Waals surface area contributed by atoms with Gasteiger partial charge in [0.1, 0.15) is 0 Å². The molecule has 1 rings (SSSR count). The van der Waals surface area contributed by atoms with E-state index in [4.69, 9.17) is 5.11 Å². The molecular weight excluding hydrogens is 197 g/mol. The normalized spacial score (nSPS) is 11.2. The molecule has 0 spiro atoms. The number of hydrogen-bond acceptors (Lipinski definition) is 3. The van der Waals surface area contributed by atoms with Gasteiger partial charge in [0.05, 0.1) is 11.9 Å². The molecule has 13 heavy (non-hydrogen) atoms. The Morgan fingerprint density at radius 1 is 1.46 bits per heavy atom. The van der Waals surface area contributed by atoms with Crippen LogP contribution in [0.5, 0.6) is 5.75 Å². The molecule has 0 amide bonds. The van der Waals surface area contributed by atoms with Crippen LogP contribution in [-0.2, 0) is 10.0 Å². The van der Waals surface area contributed by atoms with Crippen LogP contribution >= 0.6 is 0 Å². The Labute approximate surface area is 75.1 Å². The van der Waals surface area contributed by atoms with Crippen molar-refractivity contribution in [3.8, 4) is 5.75 Å². The molecule has 0 bridgehead atoms. The Morgan fingerprint density at radius 2 is 2.08 bits per heavy atom. The maximum Gasteiger partial charge on any atom is 0.229 e. The van der Waals surface area contributed by atoms with Crippen molar-refractivity contribution in [2.45, 2.75) is 0 Å². The second-order valence-electron chi connectivity index (χ2n) is 2.54. The van der Waals surface area contributed by atoms with Gasteiger partial charge in [-0.25, -0.2) is 12.8 Å². The largest absolute Gasteiger partial charge is 0.505 e. The Morgan fingerprint density at radius 3 is 2.54 bits per heavy atom. The quantitative estimate of drug-likeness (QED) is 0.705. The molecule has 0 heterocycles. The first-order chi connectivity index (χ1) is 5.88. The Kier molecular flexibility index (Phi) is 2.42. The lowest BCUT2D eigenvalue weighted by molar-refractivity contribution is 0.432. The zero-order valence-electron chi connectivity index (χ0n) is 6.78. The molecule has 0 aliphatic rings. The summed E-state index contributed by atoms with van der Waals surface area (Å²) in [6.07, 6.45) is 0.956. The van der Waals surface area contributed by atoms with Crippen LogP contribution in [0.4, 0.5) is 10.1 Å². The van der Waals surface area contributed by atoms with Crippen molar-refractivity contribution in [3.05, 3.63) is 24.0 Å². The zero-order valence-corrected chi connectivity index (χ0v) is 7.60. The van der Waals surface area contributed by atoms with Gasteiger partial charge in [-0.3, -0.25) is 4.72 Å². The summed E-state index contributed by atoms with van der Waals surface area (Å²) in [5.41, 5.74) is 0.0813. The van der Waals surface area contributed by atoms with Crippen molar-refractivity contribution in [2.24, 2.45) is 0 Å². The molecule has 2 N–H and O–H groups in total. The van der Waals surface area contributed by atoms with E-state index in [1.165, 1.54) is 6.07 Å². The number of benzene rings is 1. The van der Waals surface area contributed by atoms with Crippen molar-refractivity contribution < 1.29 is 17.9 Å². The summed E-state index contributed by atoms with van der Waals surface area (Å²) >= 11 is 0. The number of nitrogens with one attached hydrogen (secondary N) is 1. The third kappa shape index (κ3) is 2.90. The van der Waals surface area contributed by atoms with Crippen LogP contribution in [0.2, 0.25) is 0 Å². The predicted octanol–water partition coefficient (Wildman–Crippen LogP) is 0.903. The molecular formula is C7H8FNO3S. The number of sulfonamides is 1. The van der Waals surface area contributed by atoms with Gasteiger partial charge in [0, 0.05) is 6.07 Å². The number of phenolic OH excluding ortho intramolecular Hbond substituents is 1. The SMILES string of the molecule is CS(=O)(=O)Nc1ccc(O)c(F)c1. The molecule has 0 saturated heterocycles. The first-order valence-corrected chi connectivity index (χ1v) is 5.24. The monoisotopic (exact) mass is 205 g/mol. The average molecular weight is 205 g/mol. The van der Waals surface area contributed by atoms with Crippen molar-refractivity contribution >= 4 is 15.7 Å². The van der Waals surface area contributed by atoms with Gasteiger partial charge in [0.25, 0.3) is 0 Å². The summed E-state index contributed by atoms with van der Waals surface area (Å²) in [7, 11) is -3.41. The Hall–Kier alpha value is -1.30. The van der Waals surface area contributed by atoms with Gasteiger partial charge in [0.2, 0.25) is 10.0 Å². The maximum absolute atomic E-state index is 12.7. The van der Waals surface area contributed by atoms with Gasteiger partial charge in [-0.2, -0.15) is 0 Å². The lowest BCUT2D eigenvalue weighted by Gasteiger charge is -2.03. The minimum Gasteiger partial charge on any atom is -0.505 e. The lowest BCUT2D eigenvalue weighted by Crippen LogP contribution is -2.09. The minimum atomic E-state index is -3.41. The first-order valence-electron chi connectivity index (χ1n) is 3.35. The van der Waals surface area contributed by atoms with E-state index in [0.717, 1.165) is 18.4 Å². The second-order valence-corrected chi connectivity index (χ2v) is 4.29. The molecule has 0 saturated carbocycles. The first kappa shape index (κ1) is 9.79. The topological polar surface area (TPSA) is 66.4 Å². The molecule has 0 aliphatic heterocycles. The van der Waals surface area contributed by atoms with Crippen LogP contribution < -0.4 is 4.72 Å². The summed E-state index contributed by atoms with van der Waals surface area (Å²) in [4.78, 5) is 0. The predicted molar refractivity (Wildman–Crippen MR) is 46.5 cm³/mol. The fraction of sp³-hybridized carbons (Fsp3) is 0.143. The molecule has 0 atom stereocenters. The van der Waals surface area contributed by atoms with E-state index in [0.29, 0.717) is 0 Å². The van der Waals surface area contributed by atoms with Gasteiger partial charge < -0.3 is 5.11 Å². The third-order valence-electron chi connectivity index (χ3n) is 1.25. The van der Waals surface area contributed by atoms with Crippen LogP contribution in [0.15, 0.2) is 18.2 Å². The van der Waals surface area contributed by atoms with E-state index < -0.39 is 21.6 Å². The van der Waals surface area contributed by atoms with Gasteiger partial charge in [0.15, 0.2) is 11.6 Å². The summed E-state index contributed by atoms with van der Waals surface area (Å²) in [5.74, 6) is -1.38. The number of phenols is 1. The van der Waals surface area contributed by atoms with Crippen molar-refractivity contribution in [1.82, 2.24) is 0 Å². The number of anilines is 1. The molecule has 4 nitrogen and oxygen atoms in total. The van der Waals surface area contributed by atoms with E-state index >= 15 is 0 Å². The van der Waals surface area contributed by atoms with Crippen LogP contribution in [0.25, 0.3) is 0 Å². The number of hydrogen-bond donors (Lipinski definition) is 2. The number of halogens is 1. The lowest BCUT2D eigenvalue weighted by atomic mass is 10.3. The Balaban J connectivity index is 2.99. The Bertz CT molecular complexity index is 416. The van der Waals surface area contributed by atoms with Crippen LogP contribution in [0, 0.1) is 5.82 Å². The molecule has 0 aromatic heterocycles. The number of rotatable bonds is 2. The summed E-state index contributed by atoms with van der Waals surface area (Å²) < 4.78 is 36.1. The highest BCUT2D eigenvalue weighted by atomic mass is 32.2. The highest BCUT2D eigenvalue weighted by Gasteiger charge is 2.05. The molecule has 6 heteroatoms. The fourth-order valence-corrected chi connectivity index (χ4v) is 1.34. The highest BCUT2D eigenvalue weighted by Crippen LogP contribution is 2.19. The van der Waals surface area contributed by atoms with E-state index in [2.05, 4.69) is 4.72 Å². The molecule has 72 valence electrons. The number of aromatic hydroxyl groups is 1. The highest BCUT2D eigenvalue weighted by molar-refractivity contribution is 7.92. The molecule has 1 aromatic carbocycles. The average Bonchev–Trinajstić information content (AvgIpc) is 1.94. The summed E-state index contributed by atoms with van der Waals surface area (Å²) in [6.45, 7) is 0. The van der Waals surface area contributed by atoms with Gasteiger partial charge >= 0.3 is 0 Å². The second kappa shape index (κ2) is 3.21. The van der Waals surface area contributed by atoms with Crippen LogP contribution in [-0.4, -0.2) is 19.8 Å². The summed E-state index contributed by atoms with van der Waals surface area (Å²) in [6, 6.07) is 3.23. The van der Waals surface area contributed by atoms with Gasteiger partial charge in [-0.1, -0.05) is 0 Å². The van der Waals surface area contributed by atoms with Gasteiger partial charge in [-0.05, 0) is 12.1 Å². The van der Waals surface area contributed by atoms with Crippen LogP contribution in [0.3, 0.4) is 0 Å². The standard InChI is InChI=1S/C7H8FNO3S/c1-13(11,12)9-5-2-3-7(10)6(8)4-5/h2-4,9-10H,1H3. The molecule has 0 fully saturated rings. The van der Waals surface area contributed by atoms with E-state index in [1.807, 2.05) is 0 Å². The summed E-state index contributed by atoms with van der Waals surface area (Å²) in [5, 5.41) is 8.79. The van der Waals surface area contributed by atoms with E-state index in [-0.39, 0.29) is 5.69 Å². The smallest absolute Gasteiger partial charge is 0.229 e. The zero-order chi connectivity index (χ0) is 10.1. The molecule has 0 unspecified atom stereocenters. The molecule has 0 aliphatic carbocycles. The van der Waals surface area contributed by atoms with Crippen molar-refractivity contribution in [2.75, 3.05) is 11.0 Å². The third-order valence-corrected chi connectivity index (χ3v) is 1.86. The maximum atomic E-state index is 12.7. The molecule has 0 radical (unpaired) electrons. The van der Waals surface area contributed by atoms with Gasteiger partial charge in [-0.15, -0.1) is 0 Å². The minimum absolute atomic E-state index is 0.0813. The van der Waals surface area contributed by atoms with Crippen molar-refractivity contribution in [1.29, 1.82) is 0 Å². The van der Waals surface area contributed by atoms with E-state index in [9.17, 15) is 12.8 Å². The van der Waals surface area contributed by atoms with Crippen LogP contribution in [0.1, 0.15) is 0 Å². The van der Waals surface area contributed by atoms with Crippen molar-refractivity contribution in [3.63, 3.8) is 0 Å².